The Kier molecular flexibility index (Phi) is 5.78. The van der Waals surface area contributed by atoms with E-state index in [1.807, 2.05) is 0 Å². The zero-order valence-corrected chi connectivity index (χ0v) is 13.9. The summed E-state index contributed by atoms with van der Waals surface area (Å²) >= 11 is 0. The van der Waals surface area contributed by atoms with Crippen LogP contribution in [0.15, 0.2) is 36.3 Å². The minimum atomic E-state index is -0.512. The molecule has 0 fully saturated rings. The van der Waals surface area contributed by atoms with Gasteiger partial charge in [0, 0.05) is 35.5 Å². The molecular weight excluding hydrogens is 244 g/mol. The van der Waals surface area contributed by atoms with Crippen LogP contribution in [-0.4, -0.2) is 38.0 Å². The molecule has 0 aromatic heterocycles. The van der Waals surface area contributed by atoms with E-state index in [1.54, 1.807) is 13.8 Å². The quantitative estimate of drug-likeness (QED) is 0.549. The largest absolute Gasteiger partial charge is 0.292 e. The van der Waals surface area contributed by atoms with Gasteiger partial charge >= 0.3 is 0 Å². The molecular formula is C13H22N2O2Si. The first-order chi connectivity index (χ1) is 8.11. The molecule has 0 aromatic carbocycles. The summed E-state index contributed by atoms with van der Waals surface area (Å²) < 4.78 is 0. The second-order valence-electron chi connectivity index (χ2n) is 4.47. The molecule has 0 heterocycles. The van der Waals surface area contributed by atoms with Crippen LogP contribution >= 0.6 is 0 Å². The molecule has 0 aliphatic heterocycles. The van der Waals surface area contributed by atoms with E-state index in [9.17, 15) is 9.59 Å². The van der Waals surface area contributed by atoms with Crippen LogP contribution < -0.4 is 0 Å². The minimum Gasteiger partial charge on any atom is -0.292 e. The van der Waals surface area contributed by atoms with E-state index in [1.165, 1.54) is 23.6 Å². The van der Waals surface area contributed by atoms with Crippen LogP contribution in [0.4, 0.5) is 0 Å². The van der Waals surface area contributed by atoms with Gasteiger partial charge in [0.2, 0.25) is 11.8 Å². The fraction of sp³-hybridized carbons (Fsp3) is 0.385. The second kappa shape index (κ2) is 6.35. The molecule has 0 spiro atoms. The van der Waals surface area contributed by atoms with E-state index in [-0.39, 0.29) is 11.8 Å². The van der Waals surface area contributed by atoms with Gasteiger partial charge in [0.15, 0.2) is 0 Å². The van der Waals surface area contributed by atoms with Gasteiger partial charge in [-0.15, -0.1) is 6.58 Å². The molecule has 0 atom stereocenters. The highest BCUT2D eigenvalue weighted by Gasteiger charge is 2.30. The number of carbonyl (C=O) groups is 2. The summed E-state index contributed by atoms with van der Waals surface area (Å²) in [4.78, 5) is 26.5. The van der Waals surface area contributed by atoms with Crippen molar-refractivity contribution in [3.8, 4) is 0 Å². The Bertz CT molecular complexity index is 355. The Morgan fingerprint density at radius 3 is 1.28 bits per heavy atom. The van der Waals surface area contributed by atoms with E-state index in [0.29, 0.717) is 21.6 Å². The summed E-state index contributed by atoms with van der Waals surface area (Å²) in [6.07, 6.45) is -0.512. The fourth-order valence-corrected chi connectivity index (χ4v) is 2.37. The molecule has 0 saturated heterocycles. The number of hydrogen-bond donors (Lipinski definition) is 0. The molecule has 0 aliphatic carbocycles. The van der Waals surface area contributed by atoms with Gasteiger partial charge in [-0.25, -0.2) is 0 Å². The van der Waals surface area contributed by atoms with Crippen LogP contribution in [0.5, 0.6) is 0 Å². The number of nitrogens with zero attached hydrogens (tertiary/aromatic N) is 2. The average Bonchev–Trinajstić information content (AvgIpc) is 2.13. The zero-order valence-electron chi connectivity index (χ0n) is 11.9. The first-order valence-electron chi connectivity index (χ1n) is 5.67. The van der Waals surface area contributed by atoms with Crippen molar-refractivity contribution in [2.24, 2.45) is 0 Å². The van der Waals surface area contributed by atoms with Crippen molar-refractivity contribution in [3.63, 3.8) is 0 Å². The molecule has 0 unspecified atom stereocenters. The van der Waals surface area contributed by atoms with Crippen LogP contribution in [0.25, 0.3) is 0 Å². The van der Waals surface area contributed by atoms with Gasteiger partial charge < -0.3 is 0 Å². The maximum atomic E-state index is 11.8. The SMILES string of the molecule is C=C([SiH3])C(N(C(=C)C)C(C)=O)N(C(=C)C)C(C)=O. The van der Waals surface area contributed by atoms with Gasteiger partial charge in [-0.3, -0.25) is 19.4 Å². The predicted molar refractivity (Wildman–Crippen MR) is 77.5 cm³/mol. The van der Waals surface area contributed by atoms with Gasteiger partial charge in [0.25, 0.3) is 0 Å². The first-order valence-corrected chi connectivity index (χ1v) is 6.67. The van der Waals surface area contributed by atoms with Crippen molar-refractivity contribution in [1.82, 2.24) is 9.80 Å². The van der Waals surface area contributed by atoms with E-state index in [0.717, 1.165) is 5.20 Å². The van der Waals surface area contributed by atoms with Crippen LogP contribution in [-0.2, 0) is 9.59 Å². The van der Waals surface area contributed by atoms with Crippen molar-refractivity contribution < 1.29 is 9.59 Å². The van der Waals surface area contributed by atoms with Gasteiger partial charge in [-0.05, 0) is 13.8 Å². The molecule has 0 N–H and O–H groups in total. The number of hydrogen-bond acceptors (Lipinski definition) is 2. The molecule has 100 valence electrons. The smallest absolute Gasteiger partial charge is 0.225 e. The molecule has 0 aliphatic rings. The van der Waals surface area contributed by atoms with Crippen molar-refractivity contribution in [3.05, 3.63) is 36.3 Å². The standard InChI is InChI=1S/C13H22N2O2Si/c1-8(2)14(11(6)16)13(10(5)18)15(9(3)4)12(7)17/h13H,1,3,5H2,2,4,6-7,18H3. The van der Waals surface area contributed by atoms with E-state index in [4.69, 9.17) is 0 Å². The zero-order chi connectivity index (χ0) is 14.6. The van der Waals surface area contributed by atoms with Crippen LogP contribution in [0.1, 0.15) is 27.7 Å². The summed E-state index contributed by atoms with van der Waals surface area (Å²) in [7, 11) is 0.667. The van der Waals surface area contributed by atoms with Crippen molar-refractivity contribution in [2.75, 3.05) is 0 Å². The van der Waals surface area contributed by atoms with E-state index < -0.39 is 6.17 Å². The Hall–Kier alpha value is -1.62. The lowest BCUT2D eigenvalue weighted by atomic mass is 10.2. The molecule has 18 heavy (non-hydrogen) atoms. The summed E-state index contributed by atoms with van der Waals surface area (Å²) in [5.74, 6) is -0.339. The second-order valence-corrected chi connectivity index (χ2v) is 5.75. The van der Waals surface area contributed by atoms with Gasteiger partial charge in [-0.2, -0.15) is 0 Å². The number of allylic oxidation sites excluding steroid dienone is 2. The highest BCUT2D eigenvalue weighted by atomic mass is 28.1. The summed E-state index contributed by atoms with van der Waals surface area (Å²) in [6.45, 7) is 17.9. The van der Waals surface area contributed by atoms with Gasteiger partial charge in [-0.1, -0.05) is 18.4 Å². The van der Waals surface area contributed by atoms with Crippen LogP contribution in [0.3, 0.4) is 0 Å². The molecule has 5 heteroatoms. The lowest BCUT2D eigenvalue weighted by Crippen LogP contribution is -2.51. The molecule has 2 amide bonds. The van der Waals surface area contributed by atoms with Crippen LogP contribution in [0.2, 0.25) is 0 Å². The summed E-state index contributed by atoms with van der Waals surface area (Å²) in [5, 5.41) is 0.811. The number of rotatable bonds is 5. The maximum Gasteiger partial charge on any atom is 0.225 e. The Balaban J connectivity index is 5.73. The fourth-order valence-electron chi connectivity index (χ4n) is 1.86. The van der Waals surface area contributed by atoms with Gasteiger partial charge in [0.1, 0.15) is 6.17 Å². The molecule has 4 nitrogen and oxygen atoms in total. The topological polar surface area (TPSA) is 40.6 Å². The Morgan fingerprint density at radius 2 is 1.17 bits per heavy atom. The highest BCUT2D eigenvalue weighted by Crippen LogP contribution is 2.20. The number of carbonyl (C=O) groups excluding carboxylic acids is 2. The van der Waals surface area contributed by atoms with Crippen molar-refractivity contribution in [1.29, 1.82) is 0 Å². The number of amides is 2. The van der Waals surface area contributed by atoms with Crippen LogP contribution in [0, 0.1) is 0 Å². The third kappa shape index (κ3) is 3.70. The average molecular weight is 266 g/mol. The lowest BCUT2D eigenvalue weighted by Gasteiger charge is -2.39. The first kappa shape index (κ1) is 16.4. The molecule has 0 radical (unpaired) electrons. The van der Waals surface area contributed by atoms with Gasteiger partial charge in [0.05, 0.1) is 0 Å². The predicted octanol–water partition coefficient (Wildman–Crippen LogP) is 0.956. The Morgan fingerprint density at radius 1 is 0.889 bits per heavy atom. The summed E-state index contributed by atoms with van der Waals surface area (Å²) in [6, 6.07) is 0. The normalized spacial score (nSPS) is 10.1. The van der Waals surface area contributed by atoms with Crippen molar-refractivity contribution >= 4 is 22.1 Å². The monoisotopic (exact) mass is 266 g/mol. The van der Waals surface area contributed by atoms with Crippen molar-refractivity contribution in [2.45, 2.75) is 33.9 Å². The highest BCUT2D eigenvalue weighted by molar-refractivity contribution is 6.22. The van der Waals surface area contributed by atoms with E-state index in [2.05, 4.69) is 19.7 Å². The summed E-state index contributed by atoms with van der Waals surface area (Å²) in [5.41, 5.74) is 1.16. The molecule has 0 rings (SSSR count). The third-order valence-corrected chi connectivity index (χ3v) is 2.95. The Labute approximate surface area is 112 Å². The third-order valence-electron chi connectivity index (χ3n) is 2.43. The molecule has 0 saturated carbocycles. The minimum absolute atomic E-state index is 0.169. The molecule has 0 aromatic rings. The van der Waals surface area contributed by atoms with E-state index >= 15 is 0 Å². The molecule has 0 bridgehead atoms. The maximum absolute atomic E-state index is 11.8. The lowest BCUT2D eigenvalue weighted by molar-refractivity contribution is -0.136.